The number of anilines is 1. The summed E-state index contributed by atoms with van der Waals surface area (Å²) in [4.78, 5) is 23.4. The molecule has 5 heteroatoms. The largest absolute Gasteiger partial charge is 0.489 e. The zero-order valence-electron chi connectivity index (χ0n) is 11.6. The topological polar surface area (TPSA) is 81.4 Å². The van der Waals surface area contributed by atoms with Gasteiger partial charge in [-0.3, -0.25) is 9.59 Å². The van der Waals surface area contributed by atoms with E-state index in [0.29, 0.717) is 22.9 Å². The minimum atomic E-state index is -0.514. The molecule has 2 saturated carbocycles. The van der Waals surface area contributed by atoms with Crippen LogP contribution in [-0.4, -0.2) is 17.9 Å². The summed E-state index contributed by atoms with van der Waals surface area (Å²) in [6, 6.07) is 4.85. The second kappa shape index (κ2) is 4.23. The van der Waals surface area contributed by atoms with Crippen LogP contribution in [0.15, 0.2) is 18.2 Å². The van der Waals surface area contributed by atoms with Gasteiger partial charge < -0.3 is 15.8 Å². The van der Waals surface area contributed by atoms with E-state index in [4.69, 9.17) is 10.5 Å². The number of nitrogens with one attached hydrogen (secondary N) is 1. The lowest BCUT2D eigenvalue weighted by Gasteiger charge is -2.16. The fourth-order valence-corrected chi connectivity index (χ4v) is 2.45. The second-order valence-electron chi connectivity index (χ2n) is 5.96. The number of fused-ring (bicyclic) bond motifs is 1. The number of hydrogen-bond donors (Lipinski definition) is 2. The first-order valence-electron chi connectivity index (χ1n) is 6.84. The van der Waals surface area contributed by atoms with Gasteiger partial charge in [-0.05, 0) is 50.8 Å². The summed E-state index contributed by atoms with van der Waals surface area (Å²) in [5.74, 6) is 0.614. The van der Waals surface area contributed by atoms with Crippen molar-refractivity contribution in [3.63, 3.8) is 0 Å². The summed E-state index contributed by atoms with van der Waals surface area (Å²) in [6.07, 6.45) is 1.94. The van der Waals surface area contributed by atoms with Gasteiger partial charge >= 0.3 is 0 Å². The Morgan fingerprint density at radius 1 is 1.40 bits per heavy atom. The van der Waals surface area contributed by atoms with Crippen molar-refractivity contribution in [3.05, 3.63) is 23.8 Å². The molecule has 0 atom stereocenters. The van der Waals surface area contributed by atoms with E-state index in [2.05, 4.69) is 5.32 Å². The third-order valence-corrected chi connectivity index (χ3v) is 4.01. The van der Waals surface area contributed by atoms with E-state index in [1.54, 1.807) is 18.2 Å². The molecule has 0 aromatic heterocycles. The number of carbonyl (C=O) groups is 2. The van der Waals surface area contributed by atoms with E-state index in [-0.39, 0.29) is 17.4 Å². The van der Waals surface area contributed by atoms with Crippen LogP contribution in [0.4, 0.5) is 5.69 Å². The zero-order valence-corrected chi connectivity index (χ0v) is 11.6. The van der Waals surface area contributed by atoms with Crippen LogP contribution < -0.4 is 15.8 Å². The molecule has 3 N–H and O–H groups in total. The number of primary amides is 1. The van der Waals surface area contributed by atoms with Crippen LogP contribution in [0.3, 0.4) is 0 Å². The Labute approximate surface area is 117 Å². The molecule has 106 valence electrons. The molecule has 0 aliphatic heterocycles. The molecule has 0 heterocycles. The van der Waals surface area contributed by atoms with Crippen LogP contribution in [0.1, 0.15) is 37.0 Å². The van der Waals surface area contributed by atoms with Gasteiger partial charge in [0.2, 0.25) is 11.8 Å². The van der Waals surface area contributed by atoms with Gasteiger partial charge in [-0.1, -0.05) is 0 Å². The Bertz CT molecular complexity index is 589. The van der Waals surface area contributed by atoms with Crippen molar-refractivity contribution in [1.82, 2.24) is 0 Å². The highest BCUT2D eigenvalue weighted by atomic mass is 16.5. The molecule has 5 nitrogen and oxygen atoms in total. The Hall–Kier alpha value is -2.04. The van der Waals surface area contributed by atoms with Crippen LogP contribution in [0, 0.1) is 11.3 Å². The molecule has 1 aromatic carbocycles. The van der Waals surface area contributed by atoms with Gasteiger partial charge in [0.1, 0.15) is 5.75 Å². The van der Waals surface area contributed by atoms with Crippen LogP contribution >= 0.6 is 0 Å². The monoisotopic (exact) mass is 274 g/mol. The Morgan fingerprint density at radius 3 is 2.55 bits per heavy atom. The zero-order chi connectivity index (χ0) is 14.5. The van der Waals surface area contributed by atoms with Gasteiger partial charge in [-0.2, -0.15) is 0 Å². The Morgan fingerprint density at radius 2 is 2.05 bits per heavy atom. The van der Waals surface area contributed by atoms with E-state index in [9.17, 15) is 9.59 Å². The maximum absolute atomic E-state index is 12.1. The number of nitrogens with two attached hydrogens (primary N) is 1. The predicted octanol–water partition coefficient (Wildman–Crippen LogP) is 1.92. The maximum atomic E-state index is 12.1. The minimum absolute atomic E-state index is 0.0541. The third-order valence-electron chi connectivity index (χ3n) is 4.01. The van der Waals surface area contributed by atoms with Gasteiger partial charge in [0.25, 0.3) is 0 Å². The van der Waals surface area contributed by atoms with Crippen LogP contribution in [0.25, 0.3) is 0 Å². The molecule has 2 aliphatic carbocycles. The highest BCUT2D eigenvalue weighted by Crippen LogP contribution is 2.75. The number of rotatable bonds is 5. The lowest BCUT2D eigenvalue weighted by molar-refractivity contribution is -0.119. The lowest BCUT2D eigenvalue weighted by Crippen LogP contribution is -2.20. The Kier molecular flexibility index (Phi) is 2.74. The van der Waals surface area contributed by atoms with Gasteiger partial charge in [-0.15, -0.1) is 0 Å². The Balaban J connectivity index is 1.83. The number of ether oxygens (including phenoxy) is 1. The van der Waals surface area contributed by atoms with Gasteiger partial charge in [0, 0.05) is 5.56 Å². The lowest BCUT2D eigenvalue weighted by atomic mass is 10.1. The smallest absolute Gasteiger partial charge is 0.248 e. The molecule has 0 radical (unpaired) electrons. The number of hydrogen-bond acceptors (Lipinski definition) is 3. The van der Waals surface area contributed by atoms with E-state index < -0.39 is 5.91 Å². The summed E-state index contributed by atoms with van der Waals surface area (Å²) in [5, 5.41) is 2.91. The van der Waals surface area contributed by atoms with Crippen molar-refractivity contribution in [2.75, 3.05) is 5.32 Å². The summed E-state index contributed by atoms with van der Waals surface area (Å²) < 4.78 is 5.66. The summed E-state index contributed by atoms with van der Waals surface area (Å²) >= 11 is 0. The molecule has 0 saturated heterocycles. The molecule has 20 heavy (non-hydrogen) atoms. The van der Waals surface area contributed by atoms with Gasteiger partial charge in [0.05, 0.1) is 17.2 Å². The SMILES string of the molecule is CC(C)Oc1cc(C(N)=O)ccc1NC(=O)C12CC1C2. The highest BCUT2D eigenvalue weighted by molar-refractivity contribution is 6.02. The van der Waals surface area contributed by atoms with Gasteiger partial charge in [-0.25, -0.2) is 0 Å². The van der Waals surface area contributed by atoms with E-state index in [1.807, 2.05) is 13.8 Å². The molecule has 2 fully saturated rings. The summed E-state index contributed by atoms with van der Waals surface area (Å²) in [7, 11) is 0. The normalized spacial score (nSPS) is 25.9. The van der Waals surface area contributed by atoms with Crippen molar-refractivity contribution < 1.29 is 14.3 Å². The standard InChI is InChI=1S/C15H18N2O3/c1-8(2)20-12-5-9(13(16)18)3-4-11(12)17-14(19)15-6-10(15)7-15/h3-5,8,10H,6-7H2,1-2H3,(H2,16,18)(H,17,19). The average molecular weight is 274 g/mol. The first-order valence-corrected chi connectivity index (χ1v) is 6.84. The molecule has 2 aliphatic rings. The van der Waals surface area contributed by atoms with Gasteiger partial charge in [0.15, 0.2) is 0 Å². The molecule has 0 unspecified atom stereocenters. The predicted molar refractivity (Wildman–Crippen MR) is 74.5 cm³/mol. The fourth-order valence-electron chi connectivity index (χ4n) is 2.45. The van der Waals surface area contributed by atoms with Crippen molar-refractivity contribution in [1.29, 1.82) is 0 Å². The number of carbonyl (C=O) groups excluding carboxylic acids is 2. The molecule has 1 aromatic rings. The second-order valence-corrected chi connectivity index (χ2v) is 5.96. The average Bonchev–Trinajstić information content (AvgIpc) is 3.18. The van der Waals surface area contributed by atoms with Crippen molar-refractivity contribution >= 4 is 17.5 Å². The minimum Gasteiger partial charge on any atom is -0.489 e. The van der Waals surface area contributed by atoms with E-state index in [1.165, 1.54) is 0 Å². The molecule has 0 spiro atoms. The molecular formula is C15H18N2O3. The van der Waals surface area contributed by atoms with E-state index in [0.717, 1.165) is 12.8 Å². The maximum Gasteiger partial charge on any atom is 0.248 e. The number of amides is 2. The van der Waals surface area contributed by atoms with Crippen molar-refractivity contribution in [2.45, 2.75) is 32.8 Å². The van der Waals surface area contributed by atoms with E-state index >= 15 is 0 Å². The molecule has 2 amide bonds. The van der Waals surface area contributed by atoms with Crippen LogP contribution in [0.2, 0.25) is 0 Å². The third kappa shape index (κ3) is 2.13. The highest BCUT2D eigenvalue weighted by Gasteiger charge is 2.74. The summed E-state index contributed by atoms with van der Waals surface area (Å²) in [5.41, 5.74) is 6.14. The first-order chi connectivity index (χ1) is 9.42. The number of benzene rings is 1. The molecule has 0 bridgehead atoms. The summed E-state index contributed by atoms with van der Waals surface area (Å²) in [6.45, 7) is 3.78. The van der Waals surface area contributed by atoms with Crippen LogP contribution in [0.5, 0.6) is 5.75 Å². The van der Waals surface area contributed by atoms with Crippen molar-refractivity contribution in [3.8, 4) is 5.75 Å². The fraction of sp³-hybridized carbons (Fsp3) is 0.467. The van der Waals surface area contributed by atoms with Crippen molar-refractivity contribution in [2.24, 2.45) is 17.1 Å². The quantitative estimate of drug-likeness (QED) is 0.860. The molecular weight excluding hydrogens is 256 g/mol. The van der Waals surface area contributed by atoms with Crippen LogP contribution in [-0.2, 0) is 4.79 Å². The first kappa shape index (κ1) is 13.0. The molecule has 3 rings (SSSR count).